The molecule has 0 aliphatic rings. The Bertz CT molecular complexity index is 708. The van der Waals surface area contributed by atoms with Crippen molar-refractivity contribution in [1.82, 2.24) is 10.6 Å². The number of nitrogens with one attached hydrogen (secondary N) is 2. The molecule has 2 aromatic rings. The van der Waals surface area contributed by atoms with Crippen molar-refractivity contribution in [2.24, 2.45) is 0 Å². The molecule has 0 heterocycles. The molecular formula is C24H38Cl2N2O6. The van der Waals surface area contributed by atoms with Gasteiger partial charge in [0, 0.05) is 26.2 Å². The Hall–Kier alpha value is -1.94. The van der Waals surface area contributed by atoms with E-state index < -0.39 is 12.2 Å². The molecule has 34 heavy (non-hydrogen) atoms. The number of ether oxygens (including phenoxy) is 4. The first-order valence-electron chi connectivity index (χ1n) is 11.1. The summed E-state index contributed by atoms with van der Waals surface area (Å²) in [6.07, 6.45) is -1.29. The fourth-order valence-corrected chi connectivity index (χ4v) is 2.89. The van der Waals surface area contributed by atoms with E-state index >= 15 is 0 Å². The zero-order chi connectivity index (χ0) is 23.0. The number of hydrogen-bond acceptors (Lipinski definition) is 8. The normalized spacial score (nSPS) is 12.0. The van der Waals surface area contributed by atoms with Crippen LogP contribution in [-0.2, 0) is 0 Å². The summed E-state index contributed by atoms with van der Waals surface area (Å²) in [7, 11) is 0. The third kappa shape index (κ3) is 12.5. The number of aliphatic hydroxyl groups is 2. The van der Waals surface area contributed by atoms with E-state index in [1.807, 2.05) is 62.4 Å². The summed E-state index contributed by atoms with van der Waals surface area (Å²) in [5.41, 5.74) is 0. The summed E-state index contributed by atoms with van der Waals surface area (Å²) < 4.78 is 22.3. The minimum Gasteiger partial charge on any atom is -0.490 e. The van der Waals surface area contributed by atoms with E-state index in [0.29, 0.717) is 62.4 Å². The fourth-order valence-electron chi connectivity index (χ4n) is 2.89. The summed E-state index contributed by atoms with van der Waals surface area (Å²) in [6.45, 7) is 7.37. The second kappa shape index (κ2) is 19.4. The molecule has 0 saturated carbocycles. The Balaban J connectivity index is 0.00000544. The topological polar surface area (TPSA) is 101 Å². The Kier molecular flexibility index (Phi) is 18.3. The summed E-state index contributed by atoms with van der Waals surface area (Å²) in [5.74, 6) is 2.58. The lowest BCUT2D eigenvalue weighted by Crippen LogP contribution is -2.38. The van der Waals surface area contributed by atoms with Gasteiger partial charge >= 0.3 is 0 Å². The quantitative estimate of drug-likeness (QED) is 0.236. The van der Waals surface area contributed by atoms with Crippen molar-refractivity contribution in [3.05, 3.63) is 48.5 Å². The van der Waals surface area contributed by atoms with Crippen molar-refractivity contribution in [3.8, 4) is 23.0 Å². The lowest BCUT2D eigenvalue weighted by Gasteiger charge is -2.16. The maximum absolute atomic E-state index is 10.1. The molecule has 0 bridgehead atoms. The average Bonchev–Trinajstić information content (AvgIpc) is 2.80. The van der Waals surface area contributed by atoms with Crippen LogP contribution in [0.5, 0.6) is 23.0 Å². The standard InChI is InChI=1S/C24H36N2O6.2ClH/c1-3-29-21-9-5-7-11-23(21)31-17-19(27)15-25-13-14-26-16-20(28)18-32-24-12-8-6-10-22(24)30-4-2;;/h5-12,19-20,25-28H,3-4,13-18H2,1-2H3;2*1H. The van der Waals surface area contributed by atoms with Crippen LogP contribution in [0.25, 0.3) is 0 Å². The number of hydrogen-bond donors (Lipinski definition) is 4. The van der Waals surface area contributed by atoms with E-state index in [-0.39, 0.29) is 38.0 Å². The molecule has 0 aliphatic carbocycles. The zero-order valence-corrected chi connectivity index (χ0v) is 21.4. The van der Waals surface area contributed by atoms with Crippen molar-refractivity contribution < 1.29 is 29.2 Å². The molecule has 4 N–H and O–H groups in total. The third-order valence-corrected chi connectivity index (χ3v) is 4.40. The van der Waals surface area contributed by atoms with Crippen LogP contribution in [0.2, 0.25) is 0 Å². The van der Waals surface area contributed by atoms with Crippen LogP contribution >= 0.6 is 24.8 Å². The molecule has 0 radical (unpaired) electrons. The highest BCUT2D eigenvalue weighted by molar-refractivity contribution is 5.85. The van der Waals surface area contributed by atoms with E-state index in [1.54, 1.807) is 0 Å². The summed E-state index contributed by atoms with van der Waals surface area (Å²) in [5, 5.41) is 26.5. The lowest BCUT2D eigenvalue weighted by molar-refractivity contribution is 0.101. The molecule has 194 valence electrons. The predicted molar refractivity (Wildman–Crippen MR) is 138 cm³/mol. The molecule has 0 aliphatic heterocycles. The maximum Gasteiger partial charge on any atom is 0.161 e. The Morgan fingerprint density at radius 1 is 0.618 bits per heavy atom. The van der Waals surface area contributed by atoms with Crippen molar-refractivity contribution in [1.29, 1.82) is 0 Å². The molecule has 0 fully saturated rings. The first-order valence-corrected chi connectivity index (χ1v) is 11.1. The van der Waals surface area contributed by atoms with Gasteiger partial charge in [-0.05, 0) is 38.1 Å². The number of benzene rings is 2. The van der Waals surface area contributed by atoms with Crippen LogP contribution in [-0.4, -0.2) is 75.0 Å². The predicted octanol–water partition coefficient (Wildman–Crippen LogP) is 2.69. The molecule has 2 aromatic carbocycles. The highest BCUT2D eigenvalue weighted by atomic mass is 35.5. The molecular weight excluding hydrogens is 483 g/mol. The highest BCUT2D eigenvalue weighted by Crippen LogP contribution is 2.27. The van der Waals surface area contributed by atoms with Crippen LogP contribution in [0.3, 0.4) is 0 Å². The minimum atomic E-state index is -0.644. The number of aliphatic hydroxyl groups excluding tert-OH is 2. The van der Waals surface area contributed by atoms with Crippen molar-refractivity contribution >= 4 is 24.8 Å². The van der Waals surface area contributed by atoms with Gasteiger partial charge in [-0.3, -0.25) is 0 Å². The molecule has 2 unspecified atom stereocenters. The van der Waals surface area contributed by atoms with Crippen LogP contribution < -0.4 is 29.6 Å². The molecule has 0 spiro atoms. The summed E-state index contributed by atoms with van der Waals surface area (Å²) >= 11 is 0. The summed E-state index contributed by atoms with van der Waals surface area (Å²) in [4.78, 5) is 0. The van der Waals surface area contributed by atoms with E-state index in [2.05, 4.69) is 10.6 Å². The van der Waals surface area contributed by atoms with Crippen LogP contribution in [0.4, 0.5) is 0 Å². The Morgan fingerprint density at radius 2 is 0.941 bits per heavy atom. The van der Waals surface area contributed by atoms with Gasteiger partial charge < -0.3 is 39.8 Å². The molecule has 0 amide bonds. The van der Waals surface area contributed by atoms with Gasteiger partial charge in [0.25, 0.3) is 0 Å². The van der Waals surface area contributed by atoms with Crippen LogP contribution in [0, 0.1) is 0 Å². The van der Waals surface area contributed by atoms with Crippen molar-refractivity contribution in [3.63, 3.8) is 0 Å². The van der Waals surface area contributed by atoms with Gasteiger partial charge in [0.1, 0.15) is 25.4 Å². The van der Waals surface area contributed by atoms with E-state index in [1.165, 1.54) is 0 Å². The van der Waals surface area contributed by atoms with Gasteiger partial charge in [0.2, 0.25) is 0 Å². The smallest absolute Gasteiger partial charge is 0.161 e. The lowest BCUT2D eigenvalue weighted by atomic mass is 10.3. The van der Waals surface area contributed by atoms with Gasteiger partial charge in [-0.2, -0.15) is 0 Å². The van der Waals surface area contributed by atoms with Crippen LogP contribution in [0.15, 0.2) is 48.5 Å². The van der Waals surface area contributed by atoms with Gasteiger partial charge in [0.15, 0.2) is 23.0 Å². The minimum absolute atomic E-state index is 0. The molecule has 8 nitrogen and oxygen atoms in total. The van der Waals surface area contributed by atoms with Crippen molar-refractivity contribution in [2.75, 3.05) is 52.6 Å². The average molecular weight is 521 g/mol. The number of halogens is 2. The van der Waals surface area contributed by atoms with Gasteiger partial charge in [-0.15, -0.1) is 24.8 Å². The van der Waals surface area contributed by atoms with E-state index in [9.17, 15) is 10.2 Å². The van der Waals surface area contributed by atoms with Gasteiger partial charge in [0.05, 0.1) is 13.2 Å². The SMILES string of the molecule is CCOc1ccccc1OCC(O)CNCCNCC(O)COc1ccccc1OCC.Cl.Cl. The van der Waals surface area contributed by atoms with Gasteiger partial charge in [-0.1, -0.05) is 24.3 Å². The molecule has 0 saturated heterocycles. The Morgan fingerprint density at radius 3 is 1.26 bits per heavy atom. The van der Waals surface area contributed by atoms with Crippen molar-refractivity contribution in [2.45, 2.75) is 26.1 Å². The van der Waals surface area contributed by atoms with E-state index in [4.69, 9.17) is 18.9 Å². The Labute approximate surface area is 214 Å². The largest absolute Gasteiger partial charge is 0.490 e. The van der Waals surface area contributed by atoms with Gasteiger partial charge in [-0.25, -0.2) is 0 Å². The van der Waals surface area contributed by atoms with Crippen LogP contribution in [0.1, 0.15) is 13.8 Å². The first-order chi connectivity index (χ1) is 15.6. The van der Waals surface area contributed by atoms with E-state index in [0.717, 1.165) is 0 Å². The molecule has 10 heteroatoms. The first kappa shape index (κ1) is 32.1. The zero-order valence-electron chi connectivity index (χ0n) is 19.8. The second-order valence-corrected chi connectivity index (χ2v) is 7.10. The second-order valence-electron chi connectivity index (χ2n) is 7.10. The highest BCUT2D eigenvalue weighted by Gasteiger charge is 2.10. The summed E-state index contributed by atoms with van der Waals surface area (Å²) in [6, 6.07) is 14.8. The monoisotopic (exact) mass is 520 g/mol. The third-order valence-electron chi connectivity index (χ3n) is 4.40. The molecule has 0 aromatic heterocycles. The molecule has 2 rings (SSSR count). The molecule has 2 atom stereocenters. The fraction of sp³-hybridized carbons (Fsp3) is 0.500. The number of para-hydroxylation sites is 4. The number of rotatable bonds is 17. The maximum atomic E-state index is 10.1.